The summed E-state index contributed by atoms with van der Waals surface area (Å²) >= 11 is 0. The number of nitrogens with two attached hydrogens (primary N) is 1. The third-order valence-electron chi connectivity index (χ3n) is 6.83. The molecule has 2 aliphatic heterocycles. The highest BCUT2D eigenvalue weighted by molar-refractivity contribution is 7.91. The number of hydrogen-bond acceptors (Lipinski definition) is 10. The van der Waals surface area contributed by atoms with Crippen LogP contribution < -0.4 is 10.6 Å². The lowest BCUT2D eigenvalue weighted by molar-refractivity contribution is 0.122. The van der Waals surface area contributed by atoms with Crippen LogP contribution in [-0.4, -0.2) is 88.7 Å². The molecular weight excluding hydrogens is 492 g/mol. The number of benzene rings is 1. The molecule has 2 aliphatic rings. The van der Waals surface area contributed by atoms with Crippen molar-refractivity contribution in [3.63, 3.8) is 0 Å². The van der Waals surface area contributed by atoms with Crippen molar-refractivity contribution in [3.8, 4) is 16.9 Å². The van der Waals surface area contributed by atoms with Crippen LogP contribution in [0.5, 0.6) is 0 Å². The van der Waals surface area contributed by atoms with Crippen molar-refractivity contribution >= 4 is 32.8 Å². The van der Waals surface area contributed by atoms with Crippen molar-refractivity contribution in [1.29, 1.82) is 0 Å². The lowest BCUT2D eigenvalue weighted by Crippen LogP contribution is -2.39. The van der Waals surface area contributed by atoms with Crippen molar-refractivity contribution in [1.82, 2.24) is 29.4 Å². The summed E-state index contributed by atoms with van der Waals surface area (Å²) in [6, 6.07) is 10.3. The summed E-state index contributed by atoms with van der Waals surface area (Å²) in [6.07, 6.45) is 5.37. The zero-order valence-corrected chi connectivity index (χ0v) is 21.1. The van der Waals surface area contributed by atoms with Crippen molar-refractivity contribution in [2.24, 2.45) is 0 Å². The van der Waals surface area contributed by atoms with Crippen LogP contribution in [0.25, 0.3) is 28.0 Å². The molecule has 2 fully saturated rings. The van der Waals surface area contributed by atoms with Gasteiger partial charge in [0.1, 0.15) is 0 Å². The zero-order chi connectivity index (χ0) is 25.4. The Kier molecular flexibility index (Phi) is 6.22. The molecule has 4 aromatic rings. The predicted octanol–water partition coefficient (Wildman–Crippen LogP) is 1.53. The molecule has 0 unspecified atom stereocenters. The Balaban J connectivity index is 1.34. The van der Waals surface area contributed by atoms with E-state index in [0.29, 0.717) is 32.3 Å². The van der Waals surface area contributed by atoms with Gasteiger partial charge in [-0.2, -0.15) is 4.98 Å². The molecule has 192 valence electrons. The maximum atomic E-state index is 11.7. The molecule has 3 aromatic heterocycles. The van der Waals surface area contributed by atoms with Gasteiger partial charge < -0.3 is 19.9 Å². The predicted molar refractivity (Wildman–Crippen MR) is 141 cm³/mol. The Morgan fingerprint density at radius 3 is 2.32 bits per heavy atom. The minimum absolute atomic E-state index is 0.214. The van der Waals surface area contributed by atoms with Crippen LogP contribution in [-0.2, 0) is 21.1 Å². The molecular formula is C25H28N8O3S. The molecule has 11 nitrogen and oxygen atoms in total. The minimum Gasteiger partial charge on any atom is -0.378 e. The lowest BCUT2D eigenvalue weighted by atomic mass is 10.1. The first-order valence-electron chi connectivity index (χ1n) is 12.3. The van der Waals surface area contributed by atoms with E-state index < -0.39 is 9.84 Å². The number of morpholine rings is 1. The second-order valence-corrected chi connectivity index (χ2v) is 11.6. The second-order valence-electron chi connectivity index (χ2n) is 9.32. The fourth-order valence-electron chi connectivity index (χ4n) is 4.72. The molecule has 0 saturated carbocycles. The van der Waals surface area contributed by atoms with Crippen LogP contribution in [0.4, 0.5) is 11.9 Å². The Hall–Kier alpha value is -3.61. The third-order valence-corrected chi connectivity index (χ3v) is 8.44. The van der Waals surface area contributed by atoms with E-state index in [4.69, 9.17) is 20.4 Å². The Morgan fingerprint density at radius 1 is 0.919 bits per heavy atom. The topological polar surface area (TPSA) is 132 Å². The minimum atomic E-state index is -2.88. The number of rotatable bonds is 5. The summed E-state index contributed by atoms with van der Waals surface area (Å²) in [5, 5.41) is 0.893. The molecule has 0 radical (unpaired) electrons. The number of hydrogen-bond donors (Lipinski definition) is 1. The number of nitrogen functional groups attached to an aromatic ring is 1. The van der Waals surface area contributed by atoms with E-state index in [1.54, 1.807) is 12.4 Å². The van der Waals surface area contributed by atoms with Crippen molar-refractivity contribution in [3.05, 3.63) is 54.5 Å². The van der Waals surface area contributed by atoms with Gasteiger partial charge >= 0.3 is 0 Å². The molecule has 6 rings (SSSR count). The van der Waals surface area contributed by atoms with Crippen molar-refractivity contribution in [2.75, 3.05) is 61.5 Å². The highest BCUT2D eigenvalue weighted by Gasteiger charge is 2.22. The molecule has 0 amide bonds. The molecule has 0 atom stereocenters. The average molecular weight is 521 g/mol. The fourth-order valence-corrected chi connectivity index (χ4v) is 6.00. The molecule has 2 saturated heterocycles. The van der Waals surface area contributed by atoms with E-state index in [9.17, 15) is 8.42 Å². The highest BCUT2D eigenvalue weighted by atomic mass is 32.2. The van der Waals surface area contributed by atoms with E-state index in [2.05, 4.69) is 48.6 Å². The van der Waals surface area contributed by atoms with Crippen LogP contribution in [0.1, 0.15) is 5.56 Å². The monoisotopic (exact) mass is 520 g/mol. The van der Waals surface area contributed by atoms with Crippen LogP contribution >= 0.6 is 0 Å². The summed E-state index contributed by atoms with van der Waals surface area (Å²) in [7, 11) is -2.88. The van der Waals surface area contributed by atoms with Gasteiger partial charge in [0.15, 0.2) is 15.5 Å². The first kappa shape index (κ1) is 23.8. The van der Waals surface area contributed by atoms with Crippen LogP contribution in [0.15, 0.2) is 48.9 Å². The summed E-state index contributed by atoms with van der Waals surface area (Å²) in [4.78, 5) is 22.5. The van der Waals surface area contributed by atoms with Gasteiger partial charge in [-0.15, -0.1) is 0 Å². The molecule has 0 aliphatic carbocycles. The molecule has 12 heteroatoms. The lowest BCUT2D eigenvalue weighted by Gasteiger charge is -2.27. The quantitative estimate of drug-likeness (QED) is 0.413. The van der Waals surface area contributed by atoms with Gasteiger partial charge in [-0.25, -0.2) is 23.4 Å². The molecule has 0 spiro atoms. The molecule has 0 bridgehead atoms. The van der Waals surface area contributed by atoms with Crippen LogP contribution in [0.3, 0.4) is 0 Å². The average Bonchev–Trinajstić information content (AvgIpc) is 3.35. The van der Waals surface area contributed by atoms with E-state index in [1.807, 2.05) is 12.3 Å². The number of fused-ring (bicyclic) bond motifs is 1. The largest absolute Gasteiger partial charge is 0.378 e. The molecule has 2 N–H and O–H groups in total. The summed E-state index contributed by atoms with van der Waals surface area (Å²) in [5.41, 5.74) is 10.1. The first-order chi connectivity index (χ1) is 17.9. The van der Waals surface area contributed by atoms with E-state index in [-0.39, 0.29) is 17.5 Å². The Morgan fingerprint density at radius 2 is 1.62 bits per heavy atom. The number of aromatic nitrogens is 5. The Labute approximate surface area is 214 Å². The summed E-state index contributed by atoms with van der Waals surface area (Å²) in [6.45, 7) is 4.58. The summed E-state index contributed by atoms with van der Waals surface area (Å²) < 4.78 is 31.0. The van der Waals surface area contributed by atoms with Crippen molar-refractivity contribution in [2.45, 2.75) is 6.54 Å². The van der Waals surface area contributed by atoms with E-state index in [0.717, 1.165) is 53.2 Å². The van der Waals surface area contributed by atoms with Crippen molar-refractivity contribution < 1.29 is 13.2 Å². The molecule has 1 aromatic carbocycles. The molecule has 37 heavy (non-hydrogen) atoms. The van der Waals surface area contributed by atoms with Gasteiger partial charge in [0, 0.05) is 68.0 Å². The standard InChI is InChI=1S/C25H28N8O3S/c26-24-27-15-19(16-28-24)22-21-5-6-33(23(21)30-25(29-22)32-7-11-36-12-8-32)20-3-1-18(2-4-20)17-31-9-13-37(34,35)14-10-31/h1-6,15-16H,7-14,17H2,(H2,26,27,28). The number of nitrogens with zero attached hydrogens (tertiary/aromatic N) is 7. The normalized spacial score (nSPS) is 18.3. The smallest absolute Gasteiger partial charge is 0.228 e. The van der Waals surface area contributed by atoms with Gasteiger partial charge in [0.2, 0.25) is 11.9 Å². The number of ether oxygens (including phenoxy) is 1. The van der Waals surface area contributed by atoms with Crippen LogP contribution in [0.2, 0.25) is 0 Å². The fraction of sp³-hybridized carbons (Fsp3) is 0.360. The maximum absolute atomic E-state index is 11.7. The van der Waals surface area contributed by atoms with Crippen LogP contribution in [0, 0.1) is 0 Å². The van der Waals surface area contributed by atoms with Gasteiger partial charge in [0.25, 0.3) is 0 Å². The first-order valence-corrected chi connectivity index (χ1v) is 14.1. The van der Waals surface area contributed by atoms with E-state index in [1.165, 1.54) is 0 Å². The Bertz CT molecular complexity index is 1500. The highest BCUT2D eigenvalue weighted by Crippen LogP contribution is 2.30. The summed E-state index contributed by atoms with van der Waals surface area (Å²) in [5.74, 6) is 1.31. The van der Waals surface area contributed by atoms with E-state index >= 15 is 0 Å². The maximum Gasteiger partial charge on any atom is 0.228 e. The van der Waals surface area contributed by atoms with Gasteiger partial charge in [-0.3, -0.25) is 4.90 Å². The van der Waals surface area contributed by atoms with Gasteiger partial charge in [-0.05, 0) is 23.8 Å². The zero-order valence-electron chi connectivity index (χ0n) is 20.3. The molecule has 5 heterocycles. The number of sulfone groups is 1. The SMILES string of the molecule is Nc1ncc(-c2nc(N3CCOCC3)nc3c2ccn3-c2ccc(CN3CCS(=O)(=O)CC3)cc2)cn1. The second kappa shape index (κ2) is 9.69. The van der Waals surface area contributed by atoms with Gasteiger partial charge in [-0.1, -0.05) is 12.1 Å². The van der Waals surface area contributed by atoms with Gasteiger partial charge in [0.05, 0.1) is 30.4 Å². The third kappa shape index (κ3) is 4.99. The number of anilines is 2.